The van der Waals surface area contributed by atoms with Gasteiger partial charge < -0.3 is 13.7 Å². The number of benzene rings is 2. The Morgan fingerprint density at radius 2 is 1.34 bits per heavy atom. The molecule has 9 heteroatoms. The van der Waals surface area contributed by atoms with Crippen molar-refractivity contribution in [3.05, 3.63) is 83.6 Å². The lowest BCUT2D eigenvalue weighted by Gasteiger charge is -2.35. The summed E-state index contributed by atoms with van der Waals surface area (Å²) in [4.78, 5) is 0. The summed E-state index contributed by atoms with van der Waals surface area (Å²) in [5.41, 5.74) is -3.96. The van der Waals surface area contributed by atoms with Gasteiger partial charge in [-0.15, -0.1) is 0 Å². The summed E-state index contributed by atoms with van der Waals surface area (Å²) in [6.45, 7) is 1.40. The number of hydrogen-bond acceptors (Lipinski definition) is 5. The van der Waals surface area contributed by atoms with Gasteiger partial charge in [0.15, 0.2) is 0 Å². The quantitative estimate of drug-likeness (QED) is 0.347. The van der Waals surface area contributed by atoms with Gasteiger partial charge in [0.1, 0.15) is 5.76 Å². The molecule has 2 aromatic rings. The van der Waals surface area contributed by atoms with Crippen molar-refractivity contribution in [2.75, 3.05) is 13.2 Å². The zero-order chi connectivity index (χ0) is 23.1. The summed E-state index contributed by atoms with van der Waals surface area (Å²) in [7, 11) is -5.67. The maximum absolute atomic E-state index is 12.6. The average Bonchev–Trinajstić information content (AvgIpc) is 2.76. The van der Waals surface area contributed by atoms with E-state index in [4.69, 9.17) is 9.47 Å². The molecule has 0 saturated heterocycles. The van der Waals surface area contributed by atoms with Crippen LogP contribution >= 0.6 is 0 Å². The molecule has 2 aromatic carbocycles. The zero-order valence-electron chi connectivity index (χ0n) is 17.4. The van der Waals surface area contributed by atoms with Gasteiger partial charge in [0.05, 0.1) is 26.4 Å². The van der Waals surface area contributed by atoms with E-state index in [2.05, 4.69) is 4.18 Å². The van der Waals surface area contributed by atoms with Crippen molar-refractivity contribution in [2.24, 2.45) is 5.41 Å². The van der Waals surface area contributed by atoms with Gasteiger partial charge in [0.25, 0.3) is 0 Å². The van der Waals surface area contributed by atoms with Crippen molar-refractivity contribution in [3.63, 3.8) is 0 Å². The van der Waals surface area contributed by atoms with E-state index in [1.54, 1.807) is 0 Å². The summed E-state index contributed by atoms with van der Waals surface area (Å²) in [5.74, 6) is -0.205. The maximum Gasteiger partial charge on any atom is 0.534 e. The minimum absolute atomic E-state index is 0.0404. The lowest BCUT2D eigenvalue weighted by molar-refractivity contribution is -0.0542. The van der Waals surface area contributed by atoms with E-state index >= 15 is 0 Å². The smallest absolute Gasteiger partial charge is 0.381 e. The minimum Gasteiger partial charge on any atom is -0.381 e. The van der Waals surface area contributed by atoms with E-state index in [0.717, 1.165) is 11.1 Å². The van der Waals surface area contributed by atoms with Crippen LogP contribution in [0.15, 0.2) is 72.5 Å². The van der Waals surface area contributed by atoms with Crippen LogP contribution in [0.4, 0.5) is 13.2 Å². The average molecular weight is 471 g/mol. The Morgan fingerprint density at radius 1 is 0.844 bits per heavy atom. The number of alkyl halides is 3. The van der Waals surface area contributed by atoms with Crippen LogP contribution in [0.2, 0.25) is 0 Å². The van der Waals surface area contributed by atoms with Gasteiger partial charge in [-0.05, 0) is 30.0 Å². The molecule has 0 unspecified atom stereocenters. The third-order valence-electron chi connectivity index (χ3n) is 5.20. The van der Waals surface area contributed by atoms with Gasteiger partial charge >= 0.3 is 15.6 Å². The lowest BCUT2D eigenvalue weighted by Crippen LogP contribution is -2.35. The van der Waals surface area contributed by atoms with Crippen LogP contribution in [0.1, 0.15) is 30.4 Å². The largest absolute Gasteiger partial charge is 0.534 e. The Kier molecular flexibility index (Phi) is 7.97. The molecule has 0 N–H and O–H groups in total. The summed E-state index contributed by atoms with van der Waals surface area (Å²) < 4.78 is 76.6. The predicted molar refractivity (Wildman–Crippen MR) is 113 cm³/mol. The minimum atomic E-state index is -5.67. The molecule has 0 bridgehead atoms. The topological polar surface area (TPSA) is 61.8 Å². The summed E-state index contributed by atoms with van der Waals surface area (Å²) in [5, 5.41) is 0. The van der Waals surface area contributed by atoms with Gasteiger partial charge in [-0.1, -0.05) is 60.7 Å². The Labute approximate surface area is 185 Å². The van der Waals surface area contributed by atoms with Gasteiger partial charge in [0.2, 0.25) is 0 Å². The predicted octanol–water partition coefficient (Wildman–Crippen LogP) is 5.34. The van der Waals surface area contributed by atoms with E-state index < -0.39 is 21.0 Å². The third-order valence-corrected chi connectivity index (χ3v) is 6.20. The van der Waals surface area contributed by atoms with Gasteiger partial charge in [-0.25, -0.2) is 0 Å². The molecule has 1 aliphatic rings. The van der Waals surface area contributed by atoms with E-state index in [-0.39, 0.29) is 18.6 Å². The fraction of sp³-hybridized carbons (Fsp3) is 0.391. The van der Waals surface area contributed by atoms with Crippen LogP contribution in [0, 0.1) is 5.41 Å². The van der Waals surface area contributed by atoms with Gasteiger partial charge in [-0.2, -0.15) is 21.6 Å². The molecule has 0 atom stereocenters. The zero-order valence-corrected chi connectivity index (χ0v) is 18.2. The maximum atomic E-state index is 12.6. The monoisotopic (exact) mass is 470 g/mol. The first kappa shape index (κ1) is 24.3. The highest BCUT2D eigenvalue weighted by Crippen LogP contribution is 2.39. The molecule has 32 heavy (non-hydrogen) atoms. The van der Waals surface area contributed by atoms with Crippen LogP contribution in [0.3, 0.4) is 0 Å². The SMILES string of the molecule is O=S(=O)(OC1=CCC(COCc2ccccc2)(COCc2ccccc2)CC1)C(F)(F)F. The highest BCUT2D eigenvalue weighted by molar-refractivity contribution is 7.87. The molecular formula is C23H25F3O5S. The van der Waals surface area contributed by atoms with Crippen LogP contribution < -0.4 is 0 Å². The molecule has 174 valence electrons. The summed E-state index contributed by atoms with van der Waals surface area (Å²) in [6, 6.07) is 19.2. The highest BCUT2D eigenvalue weighted by atomic mass is 32.2. The molecule has 0 aromatic heterocycles. The number of halogens is 3. The molecule has 0 amide bonds. The molecule has 0 fully saturated rings. The number of allylic oxidation sites excluding steroid dienone is 2. The van der Waals surface area contributed by atoms with Gasteiger partial charge in [-0.3, -0.25) is 0 Å². The molecule has 0 saturated carbocycles. The number of rotatable bonds is 10. The molecular weight excluding hydrogens is 445 g/mol. The van der Waals surface area contributed by atoms with E-state index in [9.17, 15) is 21.6 Å². The van der Waals surface area contributed by atoms with Crippen LogP contribution in [-0.4, -0.2) is 27.1 Å². The first-order valence-electron chi connectivity index (χ1n) is 10.1. The molecule has 0 heterocycles. The van der Waals surface area contributed by atoms with Crippen LogP contribution in [-0.2, 0) is 37.0 Å². The first-order valence-corrected chi connectivity index (χ1v) is 11.5. The van der Waals surface area contributed by atoms with Crippen molar-refractivity contribution in [2.45, 2.75) is 38.0 Å². The van der Waals surface area contributed by atoms with Gasteiger partial charge in [0, 0.05) is 11.8 Å². The van der Waals surface area contributed by atoms with E-state index in [0.29, 0.717) is 32.8 Å². The number of hydrogen-bond donors (Lipinski definition) is 0. The van der Waals surface area contributed by atoms with Crippen molar-refractivity contribution in [3.8, 4) is 0 Å². The second kappa shape index (κ2) is 10.5. The van der Waals surface area contributed by atoms with E-state index in [1.807, 2.05) is 60.7 Å². The Balaban J connectivity index is 1.64. The molecule has 0 radical (unpaired) electrons. The fourth-order valence-corrected chi connectivity index (χ4v) is 3.94. The Hall–Kier alpha value is -2.36. The third kappa shape index (κ3) is 6.82. The van der Waals surface area contributed by atoms with Crippen molar-refractivity contribution >= 4 is 10.1 Å². The fourth-order valence-electron chi connectivity index (χ4n) is 3.41. The second-order valence-corrected chi connectivity index (χ2v) is 9.35. The molecule has 0 aliphatic heterocycles. The highest BCUT2D eigenvalue weighted by Gasteiger charge is 2.49. The molecule has 3 rings (SSSR count). The number of ether oxygens (including phenoxy) is 2. The van der Waals surface area contributed by atoms with E-state index in [1.165, 1.54) is 6.08 Å². The standard InChI is InChI=1S/C23H25F3O5S/c24-23(25,26)32(27,28)31-21-11-13-22(14-12-21,17-29-15-19-7-3-1-4-8-19)18-30-16-20-9-5-2-6-10-20/h1-11H,12-18H2. The lowest BCUT2D eigenvalue weighted by atomic mass is 9.78. The van der Waals surface area contributed by atoms with Crippen LogP contribution in [0.25, 0.3) is 0 Å². The summed E-state index contributed by atoms with van der Waals surface area (Å²) >= 11 is 0. The Bertz CT molecular complexity index is 944. The first-order chi connectivity index (χ1) is 15.2. The normalized spacial score (nSPS) is 16.4. The van der Waals surface area contributed by atoms with Crippen molar-refractivity contribution in [1.82, 2.24) is 0 Å². The second-order valence-electron chi connectivity index (χ2n) is 7.81. The Morgan fingerprint density at radius 3 is 1.75 bits per heavy atom. The molecule has 0 spiro atoms. The molecule has 5 nitrogen and oxygen atoms in total. The van der Waals surface area contributed by atoms with Crippen molar-refractivity contribution in [1.29, 1.82) is 0 Å². The van der Waals surface area contributed by atoms with Crippen LogP contribution in [0.5, 0.6) is 0 Å². The molecule has 1 aliphatic carbocycles. The summed E-state index contributed by atoms with van der Waals surface area (Å²) in [6.07, 6.45) is 2.08. The van der Waals surface area contributed by atoms with Crippen molar-refractivity contribution < 1.29 is 35.2 Å².